The molecule has 2 aliphatic rings. The van der Waals surface area contributed by atoms with E-state index in [4.69, 9.17) is 4.74 Å². The smallest absolute Gasteiger partial charge is 0.254 e. The van der Waals surface area contributed by atoms with E-state index in [1.165, 1.54) is 37.9 Å². The number of piperidine rings is 1. The van der Waals surface area contributed by atoms with Crippen LogP contribution in [0.25, 0.3) is 0 Å². The summed E-state index contributed by atoms with van der Waals surface area (Å²) in [6.45, 7) is 5.10. The van der Waals surface area contributed by atoms with Gasteiger partial charge in [-0.05, 0) is 75.7 Å². The second-order valence-corrected chi connectivity index (χ2v) is 7.46. The van der Waals surface area contributed by atoms with Crippen LogP contribution in [0.15, 0.2) is 24.3 Å². The van der Waals surface area contributed by atoms with Crippen molar-refractivity contribution in [3.05, 3.63) is 35.4 Å². The number of rotatable bonds is 7. The van der Waals surface area contributed by atoms with E-state index in [1.807, 2.05) is 12.1 Å². The fraction of sp³-hybridized carbons (Fsp3) is 0.667. The van der Waals surface area contributed by atoms with Gasteiger partial charge in [0.05, 0.1) is 0 Å². The third kappa shape index (κ3) is 5.05. The Labute approximate surface area is 152 Å². The number of benzene rings is 1. The van der Waals surface area contributed by atoms with Crippen LogP contribution in [-0.4, -0.2) is 55.1 Å². The zero-order valence-corrected chi connectivity index (χ0v) is 15.6. The lowest BCUT2D eigenvalue weighted by molar-refractivity contribution is 0.0585. The van der Waals surface area contributed by atoms with Crippen LogP contribution in [-0.2, 0) is 11.3 Å². The Kier molecular flexibility index (Phi) is 6.88. The third-order valence-corrected chi connectivity index (χ3v) is 5.58. The highest BCUT2D eigenvalue weighted by atomic mass is 16.5. The topological polar surface area (TPSA) is 32.8 Å². The summed E-state index contributed by atoms with van der Waals surface area (Å²) in [6, 6.07) is 8.69. The van der Waals surface area contributed by atoms with E-state index in [0.29, 0.717) is 6.04 Å². The molecule has 0 saturated carbocycles. The molecule has 0 radical (unpaired) electrons. The Morgan fingerprint density at radius 2 is 1.80 bits per heavy atom. The molecule has 2 heterocycles. The lowest BCUT2D eigenvalue weighted by Crippen LogP contribution is -2.43. The van der Waals surface area contributed by atoms with Gasteiger partial charge in [-0.15, -0.1) is 0 Å². The van der Waals surface area contributed by atoms with Crippen LogP contribution in [0.4, 0.5) is 0 Å². The molecule has 0 aliphatic carbocycles. The Balaban J connectivity index is 1.59. The SMILES string of the molecule is COCCC[C@H]1CCCCN1C(=O)c1ccc(CN2CCCC2)cc1. The van der Waals surface area contributed by atoms with Crippen molar-refractivity contribution in [1.82, 2.24) is 9.80 Å². The minimum Gasteiger partial charge on any atom is -0.385 e. The monoisotopic (exact) mass is 344 g/mol. The van der Waals surface area contributed by atoms with Crippen LogP contribution in [0.3, 0.4) is 0 Å². The summed E-state index contributed by atoms with van der Waals surface area (Å²) in [4.78, 5) is 17.6. The molecule has 0 spiro atoms. The molecule has 0 bridgehead atoms. The van der Waals surface area contributed by atoms with E-state index in [1.54, 1.807) is 7.11 Å². The van der Waals surface area contributed by atoms with Gasteiger partial charge in [-0.2, -0.15) is 0 Å². The number of carbonyl (C=O) groups is 1. The maximum absolute atomic E-state index is 13.0. The Bertz CT molecular complexity index is 537. The Hall–Kier alpha value is -1.39. The van der Waals surface area contributed by atoms with Crippen molar-refractivity contribution in [1.29, 1.82) is 0 Å². The fourth-order valence-electron chi connectivity index (χ4n) is 4.15. The first-order valence-electron chi connectivity index (χ1n) is 9.89. The molecule has 25 heavy (non-hydrogen) atoms. The van der Waals surface area contributed by atoms with Gasteiger partial charge in [-0.1, -0.05) is 12.1 Å². The molecule has 0 unspecified atom stereocenters. The molecule has 4 heteroatoms. The number of hydrogen-bond acceptors (Lipinski definition) is 3. The van der Waals surface area contributed by atoms with E-state index < -0.39 is 0 Å². The minimum absolute atomic E-state index is 0.204. The molecular formula is C21H32N2O2. The van der Waals surface area contributed by atoms with Crippen molar-refractivity contribution < 1.29 is 9.53 Å². The number of methoxy groups -OCH3 is 1. The van der Waals surface area contributed by atoms with Crippen LogP contribution >= 0.6 is 0 Å². The molecule has 2 fully saturated rings. The Morgan fingerprint density at radius 1 is 1.08 bits per heavy atom. The second-order valence-electron chi connectivity index (χ2n) is 7.46. The van der Waals surface area contributed by atoms with Gasteiger partial charge in [-0.3, -0.25) is 9.69 Å². The van der Waals surface area contributed by atoms with E-state index in [9.17, 15) is 4.79 Å². The van der Waals surface area contributed by atoms with Crippen molar-refractivity contribution in [3.8, 4) is 0 Å². The quantitative estimate of drug-likeness (QED) is 0.707. The molecule has 1 aromatic rings. The lowest BCUT2D eigenvalue weighted by Gasteiger charge is -2.36. The molecule has 2 aliphatic heterocycles. The third-order valence-electron chi connectivity index (χ3n) is 5.58. The molecule has 3 rings (SSSR count). The fourth-order valence-corrected chi connectivity index (χ4v) is 4.15. The zero-order valence-electron chi connectivity index (χ0n) is 15.6. The summed E-state index contributed by atoms with van der Waals surface area (Å²) in [5, 5.41) is 0. The lowest BCUT2D eigenvalue weighted by atomic mass is 9.97. The first-order chi connectivity index (χ1) is 12.3. The predicted octanol–water partition coefficient (Wildman–Crippen LogP) is 3.70. The van der Waals surface area contributed by atoms with Crippen molar-refractivity contribution in [3.63, 3.8) is 0 Å². The van der Waals surface area contributed by atoms with Crippen molar-refractivity contribution in [2.24, 2.45) is 0 Å². The van der Waals surface area contributed by atoms with Crippen molar-refractivity contribution in [2.75, 3.05) is 33.4 Å². The number of likely N-dealkylation sites (tertiary alicyclic amines) is 2. The zero-order chi connectivity index (χ0) is 17.5. The average molecular weight is 344 g/mol. The van der Waals surface area contributed by atoms with Crippen LogP contribution in [0.1, 0.15) is 60.9 Å². The van der Waals surface area contributed by atoms with Gasteiger partial charge in [0, 0.05) is 38.4 Å². The molecular weight excluding hydrogens is 312 g/mol. The number of ether oxygens (including phenoxy) is 1. The Morgan fingerprint density at radius 3 is 2.52 bits per heavy atom. The molecule has 1 atom stereocenters. The van der Waals surface area contributed by atoms with Crippen LogP contribution in [0.5, 0.6) is 0 Å². The highest BCUT2D eigenvalue weighted by Crippen LogP contribution is 2.23. The average Bonchev–Trinajstić information content (AvgIpc) is 3.15. The molecule has 0 aromatic heterocycles. The largest absolute Gasteiger partial charge is 0.385 e. The minimum atomic E-state index is 0.204. The van der Waals surface area contributed by atoms with Gasteiger partial charge in [0.1, 0.15) is 0 Å². The maximum atomic E-state index is 13.0. The summed E-state index contributed by atoms with van der Waals surface area (Å²) in [5.74, 6) is 0.204. The van der Waals surface area contributed by atoms with E-state index in [0.717, 1.165) is 50.9 Å². The number of nitrogens with zero attached hydrogens (tertiary/aromatic N) is 2. The van der Waals surface area contributed by atoms with Gasteiger partial charge < -0.3 is 9.64 Å². The molecule has 1 amide bonds. The normalized spacial score (nSPS) is 21.6. The highest BCUT2D eigenvalue weighted by Gasteiger charge is 2.27. The van der Waals surface area contributed by atoms with Gasteiger partial charge in [0.25, 0.3) is 5.91 Å². The molecule has 0 N–H and O–H groups in total. The number of hydrogen-bond donors (Lipinski definition) is 0. The summed E-state index contributed by atoms with van der Waals surface area (Å²) < 4.78 is 5.17. The second kappa shape index (κ2) is 9.35. The summed E-state index contributed by atoms with van der Waals surface area (Å²) in [5.41, 5.74) is 2.15. The number of amides is 1. The van der Waals surface area contributed by atoms with Gasteiger partial charge in [0.2, 0.25) is 0 Å². The van der Waals surface area contributed by atoms with Crippen molar-refractivity contribution in [2.45, 2.75) is 57.5 Å². The van der Waals surface area contributed by atoms with Gasteiger partial charge >= 0.3 is 0 Å². The highest BCUT2D eigenvalue weighted by molar-refractivity contribution is 5.94. The van der Waals surface area contributed by atoms with E-state index >= 15 is 0 Å². The standard InChI is InChI=1S/C21H32N2O2/c1-25-16-6-8-20-7-2-3-15-23(20)21(24)19-11-9-18(10-12-19)17-22-13-4-5-14-22/h9-12,20H,2-8,13-17H2,1H3/t20-/m1/s1. The molecule has 4 nitrogen and oxygen atoms in total. The number of carbonyl (C=O) groups excluding carboxylic acids is 1. The van der Waals surface area contributed by atoms with Gasteiger partial charge in [-0.25, -0.2) is 0 Å². The first-order valence-corrected chi connectivity index (χ1v) is 9.89. The van der Waals surface area contributed by atoms with Crippen molar-refractivity contribution >= 4 is 5.91 Å². The summed E-state index contributed by atoms with van der Waals surface area (Å²) in [7, 11) is 1.74. The van der Waals surface area contributed by atoms with Crippen LogP contribution < -0.4 is 0 Å². The van der Waals surface area contributed by atoms with Gasteiger partial charge in [0.15, 0.2) is 0 Å². The van der Waals surface area contributed by atoms with Crippen LogP contribution in [0, 0.1) is 0 Å². The van der Waals surface area contributed by atoms with E-state index in [-0.39, 0.29) is 5.91 Å². The summed E-state index contributed by atoms with van der Waals surface area (Å²) in [6.07, 6.45) is 8.19. The predicted molar refractivity (Wildman–Crippen MR) is 101 cm³/mol. The summed E-state index contributed by atoms with van der Waals surface area (Å²) >= 11 is 0. The van der Waals surface area contributed by atoms with Crippen LogP contribution in [0.2, 0.25) is 0 Å². The molecule has 1 aromatic carbocycles. The molecule has 2 saturated heterocycles. The molecule has 138 valence electrons. The first kappa shape index (κ1) is 18.4. The van der Waals surface area contributed by atoms with E-state index in [2.05, 4.69) is 21.9 Å². The maximum Gasteiger partial charge on any atom is 0.254 e.